The first-order valence-electron chi connectivity index (χ1n) is 19.0. The molecule has 3 nitrogen and oxygen atoms in total. The first-order chi connectivity index (χ1) is 27.1. The third kappa shape index (κ3) is 5.44. The summed E-state index contributed by atoms with van der Waals surface area (Å²) in [5, 5.41) is 2.48. The van der Waals surface area contributed by atoms with Gasteiger partial charge in [-0.05, 0) is 82.3 Å². The van der Waals surface area contributed by atoms with Crippen molar-refractivity contribution < 1.29 is 4.21 Å². The first kappa shape index (κ1) is 33.1. The number of hydrogen-bond acceptors (Lipinski definition) is 1. The lowest BCUT2D eigenvalue weighted by Crippen LogP contribution is -2.29. The van der Waals surface area contributed by atoms with Gasteiger partial charge >= 0.3 is 0 Å². The summed E-state index contributed by atoms with van der Waals surface area (Å²) in [5.74, 6) is 0.289. The van der Waals surface area contributed by atoms with Gasteiger partial charge in [0.25, 0.3) is 0 Å². The molecule has 1 N–H and O–H groups in total. The number of fused-ring (bicyclic) bond motifs is 4. The van der Waals surface area contributed by atoms with E-state index in [2.05, 4.69) is 168 Å². The smallest absolute Gasteiger partial charge is 0.0541 e. The Labute approximate surface area is 323 Å². The predicted molar refractivity (Wildman–Crippen MR) is 233 cm³/mol. The third-order valence-corrected chi connectivity index (χ3v) is 14.0. The molecular weight excluding hydrogens is 689 g/mol. The molecule has 4 heteroatoms. The Morgan fingerprint density at radius 3 is 1.98 bits per heavy atom. The molecule has 0 spiro atoms. The molecule has 0 saturated heterocycles. The maximum atomic E-state index is 16.1. The fourth-order valence-electron chi connectivity index (χ4n) is 8.90. The van der Waals surface area contributed by atoms with Crippen molar-refractivity contribution in [1.29, 1.82) is 0 Å². The van der Waals surface area contributed by atoms with E-state index in [1.54, 1.807) is 0 Å². The third-order valence-electron chi connectivity index (χ3n) is 11.3. The van der Waals surface area contributed by atoms with E-state index in [0.717, 1.165) is 49.0 Å². The van der Waals surface area contributed by atoms with Crippen molar-refractivity contribution in [2.45, 2.75) is 17.7 Å². The lowest BCUT2D eigenvalue weighted by Gasteiger charge is -2.38. The summed E-state index contributed by atoms with van der Waals surface area (Å²) >= 11 is 0. The zero-order valence-electron chi connectivity index (χ0n) is 30.5. The van der Waals surface area contributed by atoms with E-state index in [9.17, 15) is 0 Å². The van der Waals surface area contributed by atoms with Gasteiger partial charge in [0.2, 0.25) is 0 Å². The molecule has 2 heterocycles. The van der Waals surface area contributed by atoms with Crippen molar-refractivity contribution in [3.8, 4) is 5.69 Å². The van der Waals surface area contributed by atoms with Gasteiger partial charge in [0.15, 0.2) is 0 Å². The monoisotopic (exact) mass is 728 g/mol. The summed E-state index contributed by atoms with van der Waals surface area (Å²) in [5.41, 5.74) is 12.1. The second kappa shape index (κ2) is 13.4. The average molecular weight is 729 g/mol. The molecule has 0 saturated carbocycles. The van der Waals surface area contributed by atoms with Crippen LogP contribution in [0.2, 0.25) is 0 Å². The van der Waals surface area contributed by atoms with Crippen LogP contribution in [-0.2, 0) is 10.1 Å². The Morgan fingerprint density at radius 1 is 0.582 bits per heavy atom. The van der Waals surface area contributed by atoms with E-state index in [1.807, 2.05) is 48.5 Å². The van der Waals surface area contributed by atoms with Gasteiger partial charge in [0, 0.05) is 48.5 Å². The Bertz CT molecular complexity index is 2880. The summed E-state index contributed by atoms with van der Waals surface area (Å²) in [7, 11) is -3.44. The summed E-state index contributed by atoms with van der Waals surface area (Å²) in [4.78, 5) is 1.62. The van der Waals surface area contributed by atoms with Crippen LogP contribution in [0.3, 0.4) is 0 Å². The molecule has 2 unspecified atom stereocenters. The Balaban J connectivity index is 1.21. The largest absolute Gasteiger partial charge is 0.319 e. The van der Waals surface area contributed by atoms with Gasteiger partial charge in [-0.1, -0.05) is 159 Å². The first-order valence-corrected chi connectivity index (χ1v) is 20.7. The number of rotatable bonds is 6. The van der Waals surface area contributed by atoms with E-state index in [1.165, 1.54) is 32.9 Å². The Kier molecular flexibility index (Phi) is 8.08. The number of nitrogens with one attached hydrogen (secondary N) is 1. The molecule has 10 rings (SSSR count). The Hall–Kier alpha value is -6.49. The minimum Gasteiger partial charge on any atom is -0.319 e. The molecule has 0 amide bonds. The lowest BCUT2D eigenvalue weighted by atomic mass is 9.74. The molecule has 1 aliphatic carbocycles. The van der Waals surface area contributed by atoms with Crippen molar-refractivity contribution in [2.75, 3.05) is 4.72 Å². The number of para-hydroxylation sites is 3. The van der Waals surface area contributed by atoms with Crippen LogP contribution in [0.4, 0.5) is 5.69 Å². The fraction of sp³-hybridized carbons (Fsp3) is 0.0588. The molecule has 2 aliphatic rings. The van der Waals surface area contributed by atoms with Gasteiger partial charge in [-0.2, -0.15) is 0 Å². The second-order valence-electron chi connectivity index (χ2n) is 14.5. The zero-order valence-corrected chi connectivity index (χ0v) is 31.4. The summed E-state index contributed by atoms with van der Waals surface area (Å²) in [6, 6.07) is 63.7. The predicted octanol–water partition coefficient (Wildman–Crippen LogP) is 12.5. The van der Waals surface area contributed by atoms with Gasteiger partial charge in [-0.25, -0.2) is 0 Å². The van der Waals surface area contributed by atoms with Crippen molar-refractivity contribution in [1.82, 2.24) is 4.57 Å². The molecule has 1 aliphatic heterocycles. The lowest BCUT2D eigenvalue weighted by molar-refractivity contribution is 0.650. The molecule has 266 valence electrons. The molecule has 2 atom stereocenters. The summed E-state index contributed by atoms with van der Waals surface area (Å²) < 4.78 is 22.2. The van der Waals surface area contributed by atoms with Crippen molar-refractivity contribution in [3.05, 3.63) is 228 Å². The summed E-state index contributed by atoms with van der Waals surface area (Å²) in [6.45, 7) is 2.32. The van der Waals surface area contributed by atoms with E-state index < -0.39 is 10.1 Å². The van der Waals surface area contributed by atoms with Gasteiger partial charge < -0.3 is 9.29 Å². The minimum absolute atomic E-state index is 0.0649. The van der Waals surface area contributed by atoms with Crippen LogP contribution in [0.25, 0.3) is 43.5 Å². The quantitative estimate of drug-likeness (QED) is 0.164. The van der Waals surface area contributed by atoms with E-state index in [4.69, 9.17) is 0 Å². The van der Waals surface area contributed by atoms with Gasteiger partial charge in [0.05, 0.1) is 21.6 Å². The molecule has 55 heavy (non-hydrogen) atoms. The van der Waals surface area contributed by atoms with Crippen molar-refractivity contribution in [3.63, 3.8) is 0 Å². The molecule has 7 aromatic carbocycles. The van der Waals surface area contributed by atoms with Crippen molar-refractivity contribution >= 4 is 53.7 Å². The van der Waals surface area contributed by atoms with Crippen LogP contribution in [-0.4, -0.2) is 8.78 Å². The molecule has 0 bridgehead atoms. The van der Waals surface area contributed by atoms with E-state index in [-0.39, 0.29) is 11.8 Å². The van der Waals surface area contributed by atoms with E-state index in [0.29, 0.717) is 0 Å². The van der Waals surface area contributed by atoms with Crippen molar-refractivity contribution in [2.24, 2.45) is 5.92 Å². The zero-order chi connectivity index (χ0) is 36.9. The van der Waals surface area contributed by atoms with Crippen LogP contribution < -0.4 is 4.72 Å². The second-order valence-corrected chi connectivity index (χ2v) is 17.0. The highest BCUT2D eigenvalue weighted by atomic mass is 32.3. The highest BCUT2D eigenvalue weighted by Crippen LogP contribution is 2.52. The van der Waals surface area contributed by atoms with Crippen LogP contribution >= 0.6 is 0 Å². The number of allylic oxidation sites excluding steroid dienone is 4. The number of thiol groups is 1. The van der Waals surface area contributed by atoms with Crippen LogP contribution in [0, 0.1) is 5.92 Å². The molecule has 8 aromatic rings. The molecule has 0 fully saturated rings. The maximum Gasteiger partial charge on any atom is 0.0541 e. The molecule has 1 aromatic heterocycles. The maximum absolute atomic E-state index is 16.1. The number of aromatic nitrogens is 1. The van der Waals surface area contributed by atoms with E-state index >= 15 is 4.21 Å². The Morgan fingerprint density at radius 2 is 1.20 bits per heavy atom. The topological polar surface area (TPSA) is 34.0 Å². The molecular formula is C51H40N2OS. The van der Waals surface area contributed by atoms with Gasteiger partial charge in [-0.15, -0.1) is 0 Å². The fourth-order valence-corrected chi connectivity index (χ4v) is 11.6. The van der Waals surface area contributed by atoms with Crippen LogP contribution in [0.15, 0.2) is 205 Å². The number of benzene rings is 7. The SMILES string of the molecule is CC1C=CC=C(c2ccccc2C2=C(c3ccccc3)c3ccccc3N[SH]2(=O)c2ccccc2)C1c1ccc2c(c1)c1ccccc1n2-c1ccccc1. The minimum atomic E-state index is -3.44. The van der Waals surface area contributed by atoms with Crippen LogP contribution in [0.5, 0.6) is 0 Å². The highest BCUT2D eigenvalue weighted by molar-refractivity contribution is 8.13. The van der Waals surface area contributed by atoms with Gasteiger partial charge in [0.1, 0.15) is 0 Å². The molecule has 0 radical (unpaired) electrons. The van der Waals surface area contributed by atoms with Crippen LogP contribution in [0.1, 0.15) is 40.7 Å². The average Bonchev–Trinajstić information content (AvgIpc) is 3.58. The summed E-state index contributed by atoms with van der Waals surface area (Å²) in [6.07, 6.45) is 6.79. The number of anilines is 1. The normalized spacial score (nSPS) is 18.1. The number of nitrogens with zero attached hydrogens (tertiary/aromatic N) is 1. The van der Waals surface area contributed by atoms with Gasteiger partial charge in [-0.3, -0.25) is 4.21 Å². The standard InChI is InChI=1S/C51H40N2OS/c1-35-18-17-29-42(49(35)37-32-33-48-45(34-37)41-26-14-16-31-47(41)53(48)38-21-7-3-8-22-38)40-25-11-12-27-43(40)51-50(36-19-5-2-6-20-36)44-28-13-15-30-46(44)52-55(51,54)39-23-9-4-10-24-39/h2-35,49,55H,1H3,(H,52,54). The number of hydrogen-bond donors (Lipinski definition) is 2. The highest BCUT2D eigenvalue weighted by Gasteiger charge is 2.37.